The van der Waals surface area contributed by atoms with Crippen LogP contribution in [0.1, 0.15) is 0 Å². The topological polar surface area (TPSA) is 67.5 Å². The van der Waals surface area contributed by atoms with E-state index in [1.807, 2.05) is 0 Å². The van der Waals surface area contributed by atoms with Gasteiger partial charge in [-0.15, -0.1) is 24.0 Å². The van der Waals surface area contributed by atoms with Crippen LogP contribution in [0.3, 0.4) is 0 Å². The number of anilines is 1. The van der Waals surface area contributed by atoms with Gasteiger partial charge in [-0.1, -0.05) is 41.0 Å². The molecule has 0 aliphatic rings. The lowest BCUT2D eigenvalue weighted by Crippen LogP contribution is -2.14. The Morgan fingerprint density at radius 3 is 2.35 bits per heavy atom. The van der Waals surface area contributed by atoms with Gasteiger partial charge in [0.1, 0.15) is 0 Å². The number of para-hydroxylation sites is 1. The van der Waals surface area contributed by atoms with Crippen LogP contribution < -0.4 is 11.1 Å². The molecule has 8 heteroatoms. The van der Waals surface area contributed by atoms with Gasteiger partial charge in [0.2, 0.25) is 0 Å². The largest absolute Gasteiger partial charge is 0.350 e. The van der Waals surface area contributed by atoms with E-state index in [0.29, 0.717) is 20.9 Å². The number of nitrogens with zero attached hydrogens (tertiary/aromatic N) is 1. The summed E-state index contributed by atoms with van der Waals surface area (Å²) >= 11 is 13.1. The molecular formula is C9H10Cl2IN3OS. The molecule has 0 saturated heterocycles. The Morgan fingerprint density at radius 1 is 1.41 bits per heavy atom. The van der Waals surface area contributed by atoms with Crippen LogP contribution in [0, 0.1) is 0 Å². The van der Waals surface area contributed by atoms with E-state index in [4.69, 9.17) is 28.9 Å². The third-order valence-corrected chi connectivity index (χ3v) is 2.81. The van der Waals surface area contributed by atoms with Crippen molar-refractivity contribution in [3.63, 3.8) is 0 Å². The van der Waals surface area contributed by atoms with Crippen molar-refractivity contribution < 1.29 is 4.79 Å². The molecule has 0 saturated carbocycles. The van der Waals surface area contributed by atoms with Gasteiger partial charge >= 0.3 is 6.03 Å². The summed E-state index contributed by atoms with van der Waals surface area (Å²) in [5, 5.41) is 4.07. The SMILES string of the molecule is CS/C(=N\C(N)=O)Nc1c(Cl)cccc1Cl.I. The van der Waals surface area contributed by atoms with Crippen LogP contribution in [-0.4, -0.2) is 17.5 Å². The Hall–Kier alpha value is -0.180. The fourth-order valence-electron chi connectivity index (χ4n) is 0.949. The van der Waals surface area contributed by atoms with Gasteiger partial charge in [-0.25, -0.2) is 4.79 Å². The molecule has 0 radical (unpaired) electrons. The maximum absolute atomic E-state index is 10.6. The number of urea groups is 1. The Bertz CT molecular complexity index is 422. The maximum atomic E-state index is 10.6. The molecule has 2 amide bonds. The van der Waals surface area contributed by atoms with Crippen LogP contribution in [0.25, 0.3) is 0 Å². The first-order chi connectivity index (χ1) is 7.54. The van der Waals surface area contributed by atoms with E-state index in [2.05, 4.69) is 10.3 Å². The highest BCUT2D eigenvalue weighted by molar-refractivity contribution is 14.0. The Kier molecular flexibility index (Phi) is 7.93. The third-order valence-electron chi connectivity index (χ3n) is 1.60. The number of carbonyl (C=O) groups excluding carboxylic acids is 1. The minimum absolute atomic E-state index is 0. The molecule has 0 unspecified atom stereocenters. The number of aliphatic imine (C=N–C) groups is 1. The summed E-state index contributed by atoms with van der Waals surface area (Å²) in [6.07, 6.45) is 1.75. The number of hydrogen-bond donors (Lipinski definition) is 2. The molecule has 0 heterocycles. The summed E-state index contributed by atoms with van der Waals surface area (Å²) in [4.78, 5) is 14.2. The van der Waals surface area contributed by atoms with Crippen molar-refractivity contribution in [1.82, 2.24) is 0 Å². The zero-order valence-corrected chi connectivity index (χ0v) is 13.4. The molecule has 17 heavy (non-hydrogen) atoms. The van der Waals surface area contributed by atoms with Crippen molar-refractivity contribution in [2.75, 3.05) is 11.6 Å². The van der Waals surface area contributed by atoms with Crippen molar-refractivity contribution in [3.8, 4) is 0 Å². The summed E-state index contributed by atoms with van der Waals surface area (Å²) in [7, 11) is 0. The number of nitrogens with one attached hydrogen (secondary N) is 1. The first-order valence-corrected chi connectivity index (χ1v) is 6.16. The molecule has 0 bridgehead atoms. The number of amides is 2. The lowest BCUT2D eigenvalue weighted by atomic mass is 10.3. The zero-order chi connectivity index (χ0) is 12.1. The fraction of sp³-hybridized carbons (Fsp3) is 0.111. The minimum atomic E-state index is -0.778. The second-order valence-corrected chi connectivity index (χ2v) is 4.29. The molecule has 1 aromatic carbocycles. The van der Waals surface area contributed by atoms with Crippen molar-refractivity contribution in [2.45, 2.75) is 0 Å². The highest BCUT2D eigenvalue weighted by atomic mass is 127. The molecule has 0 spiro atoms. The second-order valence-electron chi connectivity index (χ2n) is 2.68. The molecule has 94 valence electrons. The van der Waals surface area contributed by atoms with Gasteiger partial charge in [0.05, 0.1) is 15.7 Å². The third kappa shape index (κ3) is 5.33. The molecule has 3 N–H and O–H groups in total. The average Bonchev–Trinajstić information content (AvgIpc) is 2.21. The van der Waals surface area contributed by atoms with E-state index in [1.54, 1.807) is 24.5 Å². The lowest BCUT2D eigenvalue weighted by Gasteiger charge is -2.10. The van der Waals surface area contributed by atoms with E-state index < -0.39 is 6.03 Å². The second kappa shape index (κ2) is 8.02. The van der Waals surface area contributed by atoms with Crippen LogP contribution in [0.2, 0.25) is 10.0 Å². The summed E-state index contributed by atoms with van der Waals surface area (Å²) in [5.74, 6) is 0. The maximum Gasteiger partial charge on any atom is 0.340 e. The fourth-order valence-corrected chi connectivity index (χ4v) is 1.83. The Balaban J connectivity index is 0.00000256. The van der Waals surface area contributed by atoms with Crippen molar-refractivity contribution in [1.29, 1.82) is 0 Å². The van der Waals surface area contributed by atoms with Gasteiger partial charge in [-0.05, 0) is 18.4 Å². The molecule has 0 aromatic heterocycles. The quantitative estimate of drug-likeness (QED) is 0.424. The zero-order valence-electron chi connectivity index (χ0n) is 8.74. The minimum Gasteiger partial charge on any atom is -0.350 e. The molecule has 1 rings (SSSR count). The monoisotopic (exact) mass is 405 g/mol. The summed E-state index contributed by atoms with van der Waals surface area (Å²) in [6.45, 7) is 0. The summed E-state index contributed by atoms with van der Waals surface area (Å²) < 4.78 is 0. The smallest absolute Gasteiger partial charge is 0.340 e. The molecule has 0 atom stereocenters. The number of halogens is 3. The van der Waals surface area contributed by atoms with E-state index in [9.17, 15) is 4.79 Å². The van der Waals surface area contributed by atoms with E-state index >= 15 is 0 Å². The predicted octanol–water partition coefficient (Wildman–Crippen LogP) is 3.82. The first kappa shape index (κ1) is 16.8. The van der Waals surface area contributed by atoms with Crippen LogP contribution in [0.5, 0.6) is 0 Å². The van der Waals surface area contributed by atoms with Crippen molar-refractivity contribution in [2.24, 2.45) is 10.7 Å². The number of rotatable bonds is 1. The normalized spacial score (nSPS) is 10.6. The molecule has 1 aromatic rings. The lowest BCUT2D eigenvalue weighted by molar-refractivity contribution is 0.257. The van der Waals surface area contributed by atoms with Gasteiger partial charge in [-0.3, -0.25) is 0 Å². The van der Waals surface area contributed by atoms with Gasteiger partial charge in [0, 0.05) is 0 Å². The molecule has 4 nitrogen and oxygen atoms in total. The molecule has 0 fully saturated rings. The number of thioether (sulfide) groups is 1. The van der Waals surface area contributed by atoms with Crippen LogP contribution in [0.15, 0.2) is 23.2 Å². The van der Waals surface area contributed by atoms with E-state index in [-0.39, 0.29) is 24.0 Å². The number of hydrogen-bond acceptors (Lipinski definition) is 2. The molecule has 0 aliphatic heterocycles. The number of carbonyl (C=O) groups is 1. The number of amidine groups is 1. The van der Waals surface area contributed by atoms with Crippen LogP contribution in [0.4, 0.5) is 10.5 Å². The van der Waals surface area contributed by atoms with E-state index in [0.717, 1.165) is 0 Å². The van der Waals surface area contributed by atoms with Crippen molar-refractivity contribution >= 4 is 75.8 Å². The van der Waals surface area contributed by atoms with E-state index in [1.165, 1.54) is 11.8 Å². The van der Waals surface area contributed by atoms with Gasteiger partial charge in [0.25, 0.3) is 0 Å². The first-order valence-electron chi connectivity index (χ1n) is 4.17. The average molecular weight is 406 g/mol. The van der Waals surface area contributed by atoms with Gasteiger partial charge in [-0.2, -0.15) is 4.99 Å². The van der Waals surface area contributed by atoms with Gasteiger partial charge in [0.15, 0.2) is 5.17 Å². The molecular weight excluding hydrogens is 396 g/mol. The number of benzene rings is 1. The van der Waals surface area contributed by atoms with Crippen molar-refractivity contribution in [3.05, 3.63) is 28.2 Å². The van der Waals surface area contributed by atoms with Crippen LogP contribution in [-0.2, 0) is 0 Å². The molecule has 0 aliphatic carbocycles. The predicted molar refractivity (Wildman–Crippen MR) is 86.0 cm³/mol. The summed E-state index contributed by atoms with van der Waals surface area (Å²) in [5.41, 5.74) is 5.45. The standard InChI is InChI=1S/C9H9Cl2N3OS.HI/c1-16-9(14-8(12)15)13-7-5(10)3-2-4-6(7)11;/h2-4H,1H3,(H3,12,13,14,15);1H. The summed E-state index contributed by atoms with van der Waals surface area (Å²) in [6, 6.07) is 4.30. The number of primary amides is 1. The highest BCUT2D eigenvalue weighted by Crippen LogP contribution is 2.30. The Labute approximate surface area is 130 Å². The number of nitrogens with two attached hydrogens (primary N) is 1. The van der Waals surface area contributed by atoms with Gasteiger partial charge < -0.3 is 11.1 Å². The van der Waals surface area contributed by atoms with Crippen LogP contribution >= 0.6 is 58.9 Å². The Morgan fingerprint density at radius 2 is 1.94 bits per heavy atom. The highest BCUT2D eigenvalue weighted by Gasteiger charge is 2.08.